The first-order valence-corrected chi connectivity index (χ1v) is 8.19. The summed E-state index contributed by atoms with van der Waals surface area (Å²) in [6, 6.07) is 13.5. The molecule has 114 valence electrons. The van der Waals surface area contributed by atoms with Gasteiger partial charge in [0.05, 0.1) is 5.69 Å². The number of hydrogen-bond acceptors (Lipinski definition) is 4. The molecule has 0 aromatic heterocycles. The van der Waals surface area contributed by atoms with Crippen LogP contribution in [0, 0.1) is 0 Å². The lowest BCUT2D eigenvalue weighted by molar-refractivity contribution is 0.0963. The molecule has 1 aliphatic rings. The Morgan fingerprint density at radius 1 is 1.09 bits per heavy atom. The molecular formula is C15H15N3O3S. The summed E-state index contributed by atoms with van der Waals surface area (Å²) >= 11 is 0. The molecule has 1 heterocycles. The highest BCUT2D eigenvalue weighted by Gasteiger charge is 2.29. The van der Waals surface area contributed by atoms with Crippen molar-refractivity contribution >= 4 is 21.6 Å². The number of para-hydroxylation sites is 1. The number of amides is 1. The van der Waals surface area contributed by atoms with Crippen LogP contribution in [0.5, 0.6) is 0 Å². The molecule has 1 unspecified atom stereocenters. The van der Waals surface area contributed by atoms with E-state index in [0.717, 1.165) is 5.56 Å². The first-order valence-electron chi connectivity index (χ1n) is 6.71. The molecule has 0 spiro atoms. The Hall–Kier alpha value is -2.38. The molecule has 22 heavy (non-hydrogen) atoms. The van der Waals surface area contributed by atoms with Crippen LogP contribution in [0.3, 0.4) is 0 Å². The Labute approximate surface area is 128 Å². The summed E-state index contributed by atoms with van der Waals surface area (Å²) in [5.74, 6) is -0.186. The van der Waals surface area contributed by atoms with Crippen LogP contribution < -0.4 is 15.4 Å². The van der Waals surface area contributed by atoms with E-state index in [0.29, 0.717) is 11.3 Å². The maximum Gasteiger partial charge on any atom is 0.251 e. The molecule has 0 radical (unpaired) electrons. The Morgan fingerprint density at radius 2 is 1.77 bits per heavy atom. The highest BCUT2D eigenvalue weighted by molar-refractivity contribution is 7.89. The van der Waals surface area contributed by atoms with E-state index in [2.05, 4.69) is 15.4 Å². The fourth-order valence-electron chi connectivity index (χ4n) is 2.35. The van der Waals surface area contributed by atoms with Crippen molar-refractivity contribution in [2.45, 2.75) is 11.1 Å². The number of benzene rings is 2. The van der Waals surface area contributed by atoms with Gasteiger partial charge in [-0.05, 0) is 29.8 Å². The minimum Gasteiger partial charge on any atom is -0.364 e. The van der Waals surface area contributed by atoms with Crippen molar-refractivity contribution in [1.82, 2.24) is 10.0 Å². The van der Waals surface area contributed by atoms with Crippen LogP contribution in [0.15, 0.2) is 53.4 Å². The van der Waals surface area contributed by atoms with Crippen molar-refractivity contribution in [3.05, 3.63) is 59.7 Å². The molecule has 0 aliphatic carbocycles. The molecule has 3 N–H and O–H groups in total. The monoisotopic (exact) mass is 317 g/mol. The second-order valence-electron chi connectivity index (χ2n) is 4.90. The average Bonchev–Trinajstić information content (AvgIpc) is 2.53. The molecule has 2 aromatic carbocycles. The van der Waals surface area contributed by atoms with Gasteiger partial charge in [-0.15, -0.1) is 0 Å². The topological polar surface area (TPSA) is 87.3 Å². The minimum absolute atomic E-state index is 0.186. The Morgan fingerprint density at radius 3 is 2.45 bits per heavy atom. The third-order valence-corrected chi connectivity index (χ3v) is 4.96. The zero-order chi connectivity index (χ0) is 15.7. The first-order chi connectivity index (χ1) is 10.5. The smallest absolute Gasteiger partial charge is 0.251 e. The van der Waals surface area contributed by atoms with Gasteiger partial charge >= 0.3 is 0 Å². The largest absolute Gasteiger partial charge is 0.364 e. The van der Waals surface area contributed by atoms with Crippen molar-refractivity contribution in [3.63, 3.8) is 0 Å². The van der Waals surface area contributed by atoms with Gasteiger partial charge in [-0.25, -0.2) is 8.42 Å². The number of nitrogens with one attached hydrogen (secondary N) is 3. The summed E-state index contributed by atoms with van der Waals surface area (Å²) < 4.78 is 27.1. The lowest BCUT2D eigenvalue weighted by Gasteiger charge is -2.28. The van der Waals surface area contributed by atoms with Crippen molar-refractivity contribution in [2.24, 2.45) is 0 Å². The lowest BCUT2D eigenvalue weighted by Crippen LogP contribution is -2.38. The molecule has 0 bridgehead atoms. The summed E-state index contributed by atoms with van der Waals surface area (Å²) in [6.45, 7) is 0. The lowest BCUT2D eigenvalue weighted by atomic mass is 10.1. The van der Waals surface area contributed by atoms with E-state index < -0.39 is 16.2 Å². The zero-order valence-corrected chi connectivity index (χ0v) is 12.6. The molecule has 1 atom stereocenters. The minimum atomic E-state index is -3.56. The Bertz CT molecular complexity index is 816. The van der Waals surface area contributed by atoms with Gasteiger partial charge in [-0.3, -0.25) is 4.79 Å². The third kappa shape index (κ3) is 2.56. The number of carbonyl (C=O) groups is 1. The molecule has 1 amide bonds. The second kappa shape index (κ2) is 5.43. The molecule has 0 saturated carbocycles. The number of fused-ring (bicyclic) bond motifs is 1. The second-order valence-corrected chi connectivity index (χ2v) is 6.58. The maximum atomic E-state index is 12.3. The van der Waals surface area contributed by atoms with Gasteiger partial charge in [0.2, 0.25) is 10.0 Å². The van der Waals surface area contributed by atoms with Crippen molar-refractivity contribution in [3.8, 4) is 0 Å². The van der Waals surface area contributed by atoms with Gasteiger partial charge < -0.3 is 10.6 Å². The van der Waals surface area contributed by atoms with Crippen LogP contribution in [-0.2, 0) is 10.0 Å². The Kier molecular flexibility index (Phi) is 3.59. The fourth-order valence-corrected chi connectivity index (χ4v) is 3.65. The number of anilines is 1. The van der Waals surface area contributed by atoms with Crippen molar-refractivity contribution in [1.29, 1.82) is 0 Å². The highest BCUT2D eigenvalue weighted by Crippen LogP contribution is 2.30. The summed E-state index contributed by atoms with van der Waals surface area (Å²) in [5, 5.41) is 5.68. The SMILES string of the molecule is CNC(=O)c1ccc(C2Nc3ccccc3S(=O)(=O)N2)cc1. The number of sulfonamides is 1. The van der Waals surface area contributed by atoms with Crippen LogP contribution in [-0.4, -0.2) is 21.4 Å². The van der Waals surface area contributed by atoms with Crippen LogP contribution in [0.2, 0.25) is 0 Å². The van der Waals surface area contributed by atoms with E-state index in [1.54, 1.807) is 55.6 Å². The highest BCUT2D eigenvalue weighted by atomic mass is 32.2. The van der Waals surface area contributed by atoms with E-state index in [-0.39, 0.29) is 10.8 Å². The number of carbonyl (C=O) groups excluding carboxylic acids is 1. The fraction of sp³-hybridized carbons (Fsp3) is 0.133. The molecule has 0 fully saturated rings. The summed E-state index contributed by atoms with van der Waals surface area (Å²) in [5.41, 5.74) is 1.80. The molecule has 3 rings (SSSR count). The van der Waals surface area contributed by atoms with Gasteiger partial charge in [0, 0.05) is 12.6 Å². The normalized spacial score (nSPS) is 18.9. The molecule has 0 saturated heterocycles. The molecular weight excluding hydrogens is 302 g/mol. The molecule has 7 heteroatoms. The maximum absolute atomic E-state index is 12.3. The predicted octanol–water partition coefficient (Wildman–Crippen LogP) is 1.45. The number of hydrogen-bond donors (Lipinski definition) is 3. The van der Waals surface area contributed by atoms with Gasteiger partial charge in [-0.2, -0.15) is 4.72 Å². The average molecular weight is 317 g/mol. The van der Waals surface area contributed by atoms with Crippen LogP contribution in [0.25, 0.3) is 0 Å². The summed E-state index contributed by atoms with van der Waals surface area (Å²) in [6.07, 6.45) is -0.571. The van der Waals surface area contributed by atoms with Gasteiger partial charge in [-0.1, -0.05) is 24.3 Å². The van der Waals surface area contributed by atoms with E-state index in [4.69, 9.17) is 0 Å². The van der Waals surface area contributed by atoms with Gasteiger partial charge in [0.25, 0.3) is 5.91 Å². The molecule has 2 aromatic rings. The van der Waals surface area contributed by atoms with Crippen molar-refractivity contribution < 1.29 is 13.2 Å². The quantitative estimate of drug-likeness (QED) is 0.782. The summed E-state index contributed by atoms with van der Waals surface area (Å²) in [4.78, 5) is 11.8. The summed E-state index contributed by atoms with van der Waals surface area (Å²) in [7, 11) is -2.00. The van der Waals surface area contributed by atoms with Gasteiger partial charge in [0.1, 0.15) is 11.1 Å². The Balaban J connectivity index is 1.93. The molecule has 6 nitrogen and oxygen atoms in total. The van der Waals surface area contributed by atoms with E-state index in [9.17, 15) is 13.2 Å². The van der Waals surface area contributed by atoms with Crippen LogP contribution in [0.1, 0.15) is 22.1 Å². The standard InChI is InChI=1S/C15H15N3O3S/c1-16-15(19)11-8-6-10(7-9-11)14-17-12-4-2-3-5-13(12)22(20,21)18-14/h2-9,14,17-18H,1H3,(H,16,19). The number of rotatable bonds is 2. The van der Waals surface area contributed by atoms with E-state index >= 15 is 0 Å². The van der Waals surface area contributed by atoms with Crippen molar-refractivity contribution in [2.75, 3.05) is 12.4 Å². The van der Waals surface area contributed by atoms with Crippen LogP contribution >= 0.6 is 0 Å². The predicted molar refractivity (Wildman–Crippen MR) is 83.0 cm³/mol. The third-order valence-electron chi connectivity index (χ3n) is 3.48. The van der Waals surface area contributed by atoms with E-state index in [1.807, 2.05) is 0 Å². The van der Waals surface area contributed by atoms with Gasteiger partial charge in [0.15, 0.2) is 0 Å². The first kappa shape index (κ1) is 14.6. The molecule has 1 aliphatic heterocycles. The van der Waals surface area contributed by atoms with E-state index in [1.165, 1.54) is 0 Å². The van der Waals surface area contributed by atoms with Crippen LogP contribution in [0.4, 0.5) is 5.69 Å². The zero-order valence-electron chi connectivity index (χ0n) is 11.8.